The zero-order valence-electron chi connectivity index (χ0n) is 18.6. The summed E-state index contributed by atoms with van der Waals surface area (Å²) >= 11 is 1.31. The summed E-state index contributed by atoms with van der Waals surface area (Å²) in [6, 6.07) is 2.06. The summed E-state index contributed by atoms with van der Waals surface area (Å²) in [5.74, 6) is -0.134. The van der Waals surface area contributed by atoms with E-state index in [1.165, 1.54) is 11.3 Å². The van der Waals surface area contributed by atoms with Crippen molar-refractivity contribution in [2.24, 2.45) is 5.73 Å². The van der Waals surface area contributed by atoms with Crippen LogP contribution in [0.3, 0.4) is 0 Å². The van der Waals surface area contributed by atoms with E-state index in [2.05, 4.69) is 20.3 Å². The molecule has 3 heterocycles. The summed E-state index contributed by atoms with van der Waals surface area (Å²) in [6.07, 6.45) is 6.63. The van der Waals surface area contributed by atoms with Crippen molar-refractivity contribution in [2.45, 2.75) is 51.1 Å². The maximum Gasteiger partial charge on any atom is 0.275 e. The molecule has 33 heavy (non-hydrogen) atoms. The lowest BCUT2D eigenvalue weighted by atomic mass is 10.00. The highest BCUT2D eigenvalue weighted by Gasteiger charge is 2.33. The molecule has 0 radical (unpaired) electrons. The van der Waals surface area contributed by atoms with E-state index < -0.39 is 11.7 Å². The third kappa shape index (κ3) is 4.20. The van der Waals surface area contributed by atoms with Crippen LogP contribution in [0, 0.1) is 12.7 Å². The van der Waals surface area contributed by atoms with Crippen molar-refractivity contribution in [1.29, 1.82) is 0 Å². The van der Waals surface area contributed by atoms with Crippen molar-refractivity contribution in [2.75, 3.05) is 29.0 Å². The molecule has 1 aliphatic carbocycles. The number of halogens is 1. The molecule has 1 amide bonds. The lowest BCUT2D eigenvalue weighted by Crippen LogP contribution is -2.29. The number of nitrogens with two attached hydrogens (primary N) is 2. The summed E-state index contributed by atoms with van der Waals surface area (Å²) < 4.78 is 17.9. The first-order valence-electron chi connectivity index (χ1n) is 11.3. The number of thiazole rings is 1. The van der Waals surface area contributed by atoms with E-state index >= 15 is 4.39 Å². The minimum absolute atomic E-state index is 0.0812. The fourth-order valence-electron chi connectivity index (χ4n) is 4.44. The second-order valence-electron chi connectivity index (χ2n) is 8.91. The maximum atomic E-state index is 15.9. The van der Waals surface area contributed by atoms with Crippen LogP contribution in [-0.4, -0.2) is 39.8 Å². The van der Waals surface area contributed by atoms with Gasteiger partial charge in [0.1, 0.15) is 11.5 Å². The number of hydrogen-bond acceptors (Lipinski definition) is 7. The van der Waals surface area contributed by atoms with Crippen LogP contribution in [0.5, 0.6) is 0 Å². The number of nitrogens with one attached hydrogen (secondary N) is 1. The van der Waals surface area contributed by atoms with Gasteiger partial charge in [0.15, 0.2) is 5.82 Å². The number of amides is 1. The molecule has 0 unspecified atom stereocenters. The second-order valence-corrected chi connectivity index (χ2v) is 9.63. The van der Waals surface area contributed by atoms with Gasteiger partial charge in [0.05, 0.1) is 23.4 Å². The molecule has 1 aromatic carbocycles. The first-order chi connectivity index (χ1) is 15.9. The topological polar surface area (TPSA) is 115 Å². The molecule has 8 nitrogen and oxygen atoms in total. The smallest absolute Gasteiger partial charge is 0.275 e. The summed E-state index contributed by atoms with van der Waals surface area (Å²) in [6.45, 7) is 3.43. The molecule has 0 spiro atoms. The Balaban J connectivity index is 1.59. The van der Waals surface area contributed by atoms with E-state index in [9.17, 15) is 4.79 Å². The van der Waals surface area contributed by atoms with Crippen molar-refractivity contribution >= 4 is 34.4 Å². The van der Waals surface area contributed by atoms with E-state index in [0.717, 1.165) is 51.0 Å². The van der Waals surface area contributed by atoms with E-state index in [-0.39, 0.29) is 23.0 Å². The quantitative estimate of drug-likeness (QED) is 0.488. The number of aryl methyl sites for hydroxylation is 1. The van der Waals surface area contributed by atoms with Gasteiger partial charge in [-0.2, -0.15) is 5.10 Å². The number of carbonyl (C=O) groups excluding carboxylic acids is 1. The molecule has 1 saturated heterocycles. The first kappa shape index (κ1) is 21.8. The molecular weight excluding hydrogens is 441 g/mol. The molecule has 5 N–H and O–H groups in total. The van der Waals surface area contributed by atoms with E-state index in [1.807, 2.05) is 11.6 Å². The summed E-state index contributed by atoms with van der Waals surface area (Å²) in [4.78, 5) is 18.8. The highest BCUT2D eigenvalue weighted by molar-refractivity contribution is 7.07. The lowest BCUT2D eigenvalue weighted by molar-refractivity contribution is 0.102. The fourth-order valence-corrected chi connectivity index (χ4v) is 4.97. The monoisotopic (exact) mass is 469 g/mol. The fraction of sp³-hybridized carbons (Fsp3) is 0.435. The highest BCUT2D eigenvalue weighted by Crippen LogP contribution is 2.45. The van der Waals surface area contributed by atoms with E-state index in [0.29, 0.717) is 22.9 Å². The molecule has 174 valence electrons. The normalized spacial score (nSPS) is 18.9. The van der Waals surface area contributed by atoms with Crippen LogP contribution in [0.25, 0.3) is 11.1 Å². The average Bonchev–Trinajstić information content (AvgIpc) is 3.38. The van der Waals surface area contributed by atoms with Crippen molar-refractivity contribution < 1.29 is 9.18 Å². The van der Waals surface area contributed by atoms with Crippen LogP contribution >= 0.6 is 11.3 Å². The van der Waals surface area contributed by atoms with Gasteiger partial charge in [0, 0.05) is 41.3 Å². The summed E-state index contributed by atoms with van der Waals surface area (Å²) in [5.41, 5.74) is 16.5. The number of anilines is 3. The molecule has 1 atom stereocenters. The number of benzene rings is 1. The summed E-state index contributed by atoms with van der Waals surface area (Å²) in [7, 11) is 0. The van der Waals surface area contributed by atoms with Crippen LogP contribution in [0.4, 0.5) is 21.6 Å². The number of nitrogens with zero attached hydrogens (tertiary/aromatic N) is 4. The highest BCUT2D eigenvalue weighted by atomic mass is 32.1. The largest absolute Gasteiger partial charge is 0.398 e. The van der Waals surface area contributed by atoms with Crippen molar-refractivity contribution in [3.05, 3.63) is 40.2 Å². The molecule has 10 heteroatoms. The van der Waals surface area contributed by atoms with Gasteiger partial charge in [-0.05, 0) is 50.7 Å². The van der Waals surface area contributed by atoms with Gasteiger partial charge >= 0.3 is 0 Å². The Morgan fingerprint density at radius 3 is 2.82 bits per heavy atom. The lowest BCUT2D eigenvalue weighted by Gasteiger charge is -2.26. The van der Waals surface area contributed by atoms with Crippen LogP contribution in [0.2, 0.25) is 0 Å². The Bertz CT molecular complexity index is 1170. The van der Waals surface area contributed by atoms with Gasteiger partial charge in [0.2, 0.25) is 0 Å². The van der Waals surface area contributed by atoms with E-state index in [4.69, 9.17) is 11.5 Å². The van der Waals surface area contributed by atoms with Gasteiger partial charge in [-0.1, -0.05) is 0 Å². The predicted octanol–water partition coefficient (Wildman–Crippen LogP) is 3.94. The van der Waals surface area contributed by atoms with Crippen LogP contribution in [0.15, 0.2) is 23.2 Å². The van der Waals surface area contributed by atoms with Gasteiger partial charge in [-0.15, -0.1) is 11.3 Å². The molecular formula is C23H28FN7OS. The second kappa shape index (κ2) is 8.75. The molecule has 2 aromatic heterocycles. The average molecular weight is 470 g/mol. The van der Waals surface area contributed by atoms with Crippen LogP contribution < -0.4 is 21.7 Å². The Labute approximate surface area is 195 Å². The molecule has 2 aliphatic rings. The number of rotatable bonds is 5. The number of nitrogen functional groups attached to an aromatic ring is 1. The van der Waals surface area contributed by atoms with Gasteiger partial charge in [-0.3, -0.25) is 4.79 Å². The Hall–Kier alpha value is -2.98. The molecule has 1 saturated carbocycles. The Morgan fingerprint density at radius 2 is 2.09 bits per heavy atom. The molecule has 5 rings (SSSR count). The Kier molecular flexibility index (Phi) is 5.79. The minimum Gasteiger partial charge on any atom is -0.398 e. The van der Waals surface area contributed by atoms with Crippen LogP contribution in [0.1, 0.15) is 54.2 Å². The SMILES string of the molecule is Cc1cc(NC(=O)c2cscn2)c(F)c(-c2cnn(C3CC3)c2N2CCC[C@@H](N)CC2)c1N. The first-order valence-corrected chi connectivity index (χ1v) is 12.2. The zero-order chi connectivity index (χ0) is 23.1. The van der Waals surface area contributed by atoms with E-state index in [1.54, 1.807) is 23.2 Å². The number of aromatic nitrogens is 3. The maximum absolute atomic E-state index is 15.9. The zero-order valence-corrected chi connectivity index (χ0v) is 19.4. The number of carbonyl (C=O) groups is 1. The standard InChI is InChI=1S/C23H28FN7OS/c1-13-9-17(29-22(32)18-11-33-12-27-18)20(24)19(21(13)26)16-10-28-31(15-4-5-15)23(16)30-7-2-3-14(25)6-8-30/h9-12,14-15H,2-8,25-26H2,1H3,(H,29,32)/t14-/m1/s1. The van der Waals surface area contributed by atoms with Gasteiger partial charge in [-0.25, -0.2) is 14.1 Å². The molecule has 1 aliphatic heterocycles. The van der Waals surface area contributed by atoms with Crippen molar-refractivity contribution in [3.63, 3.8) is 0 Å². The molecule has 2 fully saturated rings. The minimum atomic E-state index is -0.565. The third-order valence-corrected chi connectivity index (χ3v) is 7.01. The molecule has 3 aromatic rings. The van der Waals surface area contributed by atoms with Crippen molar-refractivity contribution in [1.82, 2.24) is 14.8 Å². The van der Waals surface area contributed by atoms with Crippen molar-refractivity contribution in [3.8, 4) is 11.1 Å². The summed E-state index contributed by atoms with van der Waals surface area (Å²) in [5, 5.41) is 8.94. The predicted molar refractivity (Wildman–Crippen MR) is 129 cm³/mol. The van der Waals surface area contributed by atoms with Gasteiger partial charge < -0.3 is 21.7 Å². The van der Waals surface area contributed by atoms with Crippen LogP contribution in [-0.2, 0) is 0 Å². The Morgan fingerprint density at radius 1 is 1.27 bits per heavy atom. The number of hydrogen-bond donors (Lipinski definition) is 3. The molecule has 0 bridgehead atoms. The third-order valence-electron chi connectivity index (χ3n) is 6.43. The van der Waals surface area contributed by atoms with Gasteiger partial charge in [0.25, 0.3) is 5.91 Å².